The molecule has 3 nitrogen and oxygen atoms in total. The molecule has 2 unspecified atom stereocenters. The molecule has 0 radical (unpaired) electrons. The van der Waals surface area contributed by atoms with Gasteiger partial charge in [0, 0.05) is 44.5 Å². The largest absolute Gasteiger partial charge is 0.369 e. The summed E-state index contributed by atoms with van der Waals surface area (Å²) in [6.45, 7) is 8.95. The van der Waals surface area contributed by atoms with Crippen LogP contribution in [0.4, 0.5) is 10.1 Å². The lowest BCUT2D eigenvalue weighted by molar-refractivity contribution is 0.222. The number of hydrogen-bond acceptors (Lipinski definition) is 3. The maximum absolute atomic E-state index is 12.9. The molecule has 2 aliphatic heterocycles. The van der Waals surface area contributed by atoms with Crippen molar-refractivity contribution in [3.05, 3.63) is 30.1 Å². The third-order valence-corrected chi connectivity index (χ3v) is 4.71. The number of rotatable bonds is 3. The SMILES string of the molecule is CC1CCNC1CN1CCN(c2ccc(F)cc2)CC1. The first-order valence-electron chi connectivity index (χ1n) is 7.68. The van der Waals surface area contributed by atoms with E-state index >= 15 is 0 Å². The van der Waals surface area contributed by atoms with Gasteiger partial charge in [0.15, 0.2) is 0 Å². The van der Waals surface area contributed by atoms with Crippen LogP contribution in [0.2, 0.25) is 0 Å². The molecular formula is C16H24FN3. The Morgan fingerprint density at radius 1 is 1.15 bits per heavy atom. The standard InChI is InChI=1S/C16H24FN3/c1-13-6-7-18-16(13)12-19-8-10-20(11-9-19)15-4-2-14(17)3-5-15/h2-5,13,16,18H,6-12H2,1H3. The number of piperazine rings is 1. The summed E-state index contributed by atoms with van der Waals surface area (Å²) >= 11 is 0. The van der Waals surface area contributed by atoms with Crippen LogP contribution in [0.5, 0.6) is 0 Å². The fourth-order valence-corrected chi connectivity index (χ4v) is 3.26. The number of benzene rings is 1. The average molecular weight is 277 g/mol. The summed E-state index contributed by atoms with van der Waals surface area (Å²) in [6, 6.07) is 7.52. The Balaban J connectivity index is 1.50. The van der Waals surface area contributed by atoms with Gasteiger partial charge in [0.1, 0.15) is 5.82 Å². The van der Waals surface area contributed by atoms with Gasteiger partial charge in [-0.15, -0.1) is 0 Å². The molecule has 3 rings (SSSR count). The lowest BCUT2D eigenvalue weighted by atomic mass is 10.0. The van der Waals surface area contributed by atoms with Crippen molar-refractivity contribution in [3.8, 4) is 0 Å². The summed E-state index contributed by atoms with van der Waals surface area (Å²) in [7, 11) is 0. The molecule has 110 valence electrons. The summed E-state index contributed by atoms with van der Waals surface area (Å²) in [4.78, 5) is 4.90. The summed E-state index contributed by atoms with van der Waals surface area (Å²) in [5.41, 5.74) is 1.14. The van der Waals surface area contributed by atoms with Crippen LogP contribution in [-0.2, 0) is 0 Å². The van der Waals surface area contributed by atoms with Crippen molar-refractivity contribution in [2.75, 3.05) is 44.2 Å². The minimum atomic E-state index is -0.159. The van der Waals surface area contributed by atoms with Crippen LogP contribution in [-0.4, -0.2) is 50.2 Å². The van der Waals surface area contributed by atoms with Crippen molar-refractivity contribution >= 4 is 5.69 Å². The molecule has 20 heavy (non-hydrogen) atoms. The van der Waals surface area contributed by atoms with E-state index in [9.17, 15) is 4.39 Å². The molecule has 2 heterocycles. The minimum absolute atomic E-state index is 0.159. The lowest BCUT2D eigenvalue weighted by Crippen LogP contribution is -2.50. The topological polar surface area (TPSA) is 18.5 Å². The molecule has 1 N–H and O–H groups in total. The maximum atomic E-state index is 12.9. The number of anilines is 1. The second-order valence-corrected chi connectivity index (χ2v) is 6.09. The quantitative estimate of drug-likeness (QED) is 0.911. The highest BCUT2D eigenvalue weighted by Crippen LogP contribution is 2.19. The van der Waals surface area contributed by atoms with E-state index in [4.69, 9.17) is 0 Å². The zero-order chi connectivity index (χ0) is 13.9. The summed E-state index contributed by atoms with van der Waals surface area (Å²) in [6.07, 6.45) is 1.31. The Morgan fingerprint density at radius 2 is 1.85 bits per heavy atom. The molecule has 2 atom stereocenters. The fourth-order valence-electron chi connectivity index (χ4n) is 3.26. The Kier molecular flexibility index (Phi) is 4.22. The molecule has 2 saturated heterocycles. The zero-order valence-corrected chi connectivity index (χ0v) is 12.2. The van der Waals surface area contributed by atoms with Crippen LogP contribution in [0.3, 0.4) is 0 Å². The Bertz CT molecular complexity index is 426. The van der Waals surface area contributed by atoms with Gasteiger partial charge < -0.3 is 10.2 Å². The highest BCUT2D eigenvalue weighted by atomic mass is 19.1. The Hall–Kier alpha value is -1.13. The first-order chi connectivity index (χ1) is 9.72. The third-order valence-electron chi connectivity index (χ3n) is 4.71. The van der Waals surface area contributed by atoms with Gasteiger partial charge >= 0.3 is 0 Å². The van der Waals surface area contributed by atoms with Gasteiger partial charge in [-0.05, 0) is 43.1 Å². The second-order valence-electron chi connectivity index (χ2n) is 6.09. The molecule has 1 aromatic rings. The lowest BCUT2D eigenvalue weighted by Gasteiger charge is -2.37. The van der Waals surface area contributed by atoms with Crippen LogP contribution >= 0.6 is 0 Å². The summed E-state index contributed by atoms with van der Waals surface area (Å²) in [5, 5.41) is 3.61. The molecule has 0 saturated carbocycles. The molecule has 4 heteroatoms. The van der Waals surface area contributed by atoms with Crippen LogP contribution < -0.4 is 10.2 Å². The predicted octanol–water partition coefficient (Wildman–Crippen LogP) is 1.95. The van der Waals surface area contributed by atoms with Gasteiger partial charge in [-0.2, -0.15) is 0 Å². The monoisotopic (exact) mass is 277 g/mol. The van der Waals surface area contributed by atoms with Crippen molar-refractivity contribution in [3.63, 3.8) is 0 Å². The highest BCUT2D eigenvalue weighted by molar-refractivity contribution is 5.46. The van der Waals surface area contributed by atoms with Gasteiger partial charge in [-0.3, -0.25) is 4.90 Å². The van der Waals surface area contributed by atoms with E-state index in [0.717, 1.165) is 37.8 Å². The smallest absolute Gasteiger partial charge is 0.123 e. The van der Waals surface area contributed by atoms with Crippen LogP contribution in [0, 0.1) is 11.7 Å². The first-order valence-corrected chi connectivity index (χ1v) is 7.68. The van der Waals surface area contributed by atoms with Gasteiger partial charge in [0.05, 0.1) is 0 Å². The zero-order valence-electron chi connectivity index (χ0n) is 12.2. The van der Waals surface area contributed by atoms with Crippen molar-refractivity contribution in [2.45, 2.75) is 19.4 Å². The van der Waals surface area contributed by atoms with Crippen LogP contribution in [0.15, 0.2) is 24.3 Å². The summed E-state index contributed by atoms with van der Waals surface area (Å²) in [5.74, 6) is 0.638. The van der Waals surface area contributed by atoms with Gasteiger partial charge in [0.2, 0.25) is 0 Å². The molecule has 0 aliphatic carbocycles. The molecule has 0 bridgehead atoms. The van der Waals surface area contributed by atoms with Gasteiger partial charge in [0.25, 0.3) is 0 Å². The van der Waals surface area contributed by atoms with E-state index in [1.165, 1.54) is 19.5 Å². The molecule has 0 aromatic heterocycles. The average Bonchev–Trinajstić information content (AvgIpc) is 2.86. The molecule has 1 aromatic carbocycles. The minimum Gasteiger partial charge on any atom is -0.369 e. The normalized spacial score (nSPS) is 28.0. The van der Waals surface area contributed by atoms with Crippen LogP contribution in [0.25, 0.3) is 0 Å². The molecule has 2 aliphatic rings. The van der Waals surface area contributed by atoms with Crippen molar-refractivity contribution in [1.82, 2.24) is 10.2 Å². The second kappa shape index (κ2) is 6.10. The van der Waals surface area contributed by atoms with E-state index in [1.54, 1.807) is 12.1 Å². The van der Waals surface area contributed by atoms with Gasteiger partial charge in [-0.1, -0.05) is 6.92 Å². The third kappa shape index (κ3) is 3.13. The molecule has 2 fully saturated rings. The molecule has 0 spiro atoms. The number of halogens is 1. The van der Waals surface area contributed by atoms with E-state index in [2.05, 4.69) is 22.0 Å². The molecule has 0 amide bonds. The Morgan fingerprint density at radius 3 is 2.45 bits per heavy atom. The van der Waals surface area contributed by atoms with Crippen molar-refractivity contribution in [1.29, 1.82) is 0 Å². The van der Waals surface area contributed by atoms with E-state index < -0.39 is 0 Å². The Labute approximate surface area is 120 Å². The number of hydrogen-bond donors (Lipinski definition) is 1. The highest BCUT2D eigenvalue weighted by Gasteiger charge is 2.26. The van der Waals surface area contributed by atoms with E-state index in [-0.39, 0.29) is 5.82 Å². The first kappa shape index (κ1) is 13.8. The number of nitrogens with zero attached hydrogens (tertiary/aromatic N) is 2. The fraction of sp³-hybridized carbons (Fsp3) is 0.625. The van der Waals surface area contributed by atoms with E-state index in [1.807, 2.05) is 12.1 Å². The van der Waals surface area contributed by atoms with Crippen LogP contribution in [0.1, 0.15) is 13.3 Å². The van der Waals surface area contributed by atoms with Crippen molar-refractivity contribution in [2.24, 2.45) is 5.92 Å². The van der Waals surface area contributed by atoms with E-state index in [0.29, 0.717) is 6.04 Å². The van der Waals surface area contributed by atoms with Gasteiger partial charge in [-0.25, -0.2) is 4.39 Å². The number of nitrogens with one attached hydrogen (secondary N) is 1. The molecular weight excluding hydrogens is 253 g/mol. The van der Waals surface area contributed by atoms with Crippen molar-refractivity contribution < 1.29 is 4.39 Å². The predicted molar refractivity (Wildman–Crippen MR) is 80.6 cm³/mol. The summed E-state index contributed by atoms with van der Waals surface area (Å²) < 4.78 is 12.9. The maximum Gasteiger partial charge on any atom is 0.123 e.